The van der Waals surface area contributed by atoms with Gasteiger partial charge >= 0.3 is 5.97 Å². The van der Waals surface area contributed by atoms with E-state index in [2.05, 4.69) is 12.2 Å². The van der Waals surface area contributed by atoms with Crippen molar-refractivity contribution in [2.45, 2.75) is 44.6 Å². The lowest BCUT2D eigenvalue weighted by Gasteiger charge is -2.42. The van der Waals surface area contributed by atoms with Gasteiger partial charge in [-0.25, -0.2) is 0 Å². The molecule has 2 rings (SSSR count). The van der Waals surface area contributed by atoms with Crippen LogP contribution < -0.4 is 5.32 Å². The predicted octanol–water partition coefficient (Wildman–Crippen LogP) is 1.16. The Kier molecular flexibility index (Phi) is 2.44. The molecule has 2 fully saturated rings. The monoisotopic (exact) mass is 211 g/mol. The highest BCUT2D eigenvalue weighted by molar-refractivity contribution is 5.89. The van der Waals surface area contributed by atoms with Crippen molar-refractivity contribution in [2.24, 2.45) is 11.8 Å². The molecule has 0 aromatic heterocycles. The minimum absolute atomic E-state index is 0.0112. The molecule has 2 N–H and O–H groups in total. The summed E-state index contributed by atoms with van der Waals surface area (Å²) in [5, 5.41) is 11.7. The molecular weight excluding hydrogens is 194 g/mol. The molecule has 0 unspecified atom stereocenters. The number of carbonyl (C=O) groups excluding carboxylic acids is 1. The van der Waals surface area contributed by atoms with E-state index in [9.17, 15) is 9.59 Å². The molecule has 4 nitrogen and oxygen atoms in total. The number of carbonyl (C=O) groups is 2. The fraction of sp³-hybridized carbons (Fsp3) is 0.818. The maximum atomic E-state index is 11.7. The fourth-order valence-corrected chi connectivity index (χ4v) is 2.28. The molecule has 0 saturated heterocycles. The van der Waals surface area contributed by atoms with E-state index in [-0.39, 0.29) is 17.4 Å². The first-order valence-corrected chi connectivity index (χ1v) is 5.63. The van der Waals surface area contributed by atoms with E-state index in [1.54, 1.807) is 0 Å². The highest BCUT2D eigenvalue weighted by atomic mass is 16.4. The van der Waals surface area contributed by atoms with E-state index in [1.807, 2.05) is 0 Å². The van der Waals surface area contributed by atoms with Crippen molar-refractivity contribution in [3.8, 4) is 0 Å². The number of amides is 1. The Morgan fingerprint density at radius 3 is 2.40 bits per heavy atom. The molecule has 0 bridgehead atoms. The second-order valence-electron chi connectivity index (χ2n) is 4.76. The van der Waals surface area contributed by atoms with Crippen LogP contribution in [0.25, 0.3) is 0 Å². The molecule has 4 heteroatoms. The summed E-state index contributed by atoms with van der Waals surface area (Å²) in [5.41, 5.74) is -0.0112. The molecule has 2 aliphatic rings. The summed E-state index contributed by atoms with van der Waals surface area (Å²) in [6.45, 7) is 2.07. The molecule has 0 radical (unpaired) electrons. The van der Waals surface area contributed by atoms with Gasteiger partial charge in [-0.05, 0) is 32.1 Å². The molecule has 0 aliphatic heterocycles. The van der Waals surface area contributed by atoms with Gasteiger partial charge in [0.05, 0.1) is 11.8 Å². The molecular formula is C11H17NO3. The standard InChI is InChI=1S/C11H17NO3/c1-2-11(4-3-5-11)12-9(13)7-6-8(7)10(14)15/h7-8H,2-6H2,1H3,(H,12,13)(H,14,15)/t7-,8+/m1/s1. The summed E-state index contributed by atoms with van der Waals surface area (Å²) in [6.07, 6.45) is 4.71. The Balaban J connectivity index is 1.86. The van der Waals surface area contributed by atoms with Gasteiger partial charge in [0.15, 0.2) is 0 Å². The fourth-order valence-electron chi connectivity index (χ4n) is 2.28. The third kappa shape index (κ3) is 1.85. The summed E-state index contributed by atoms with van der Waals surface area (Å²) in [6, 6.07) is 0. The van der Waals surface area contributed by atoms with E-state index < -0.39 is 11.9 Å². The summed E-state index contributed by atoms with van der Waals surface area (Å²) in [4.78, 5) is 22.3. The van der Waals surface area contributed by atoms with Crippen LogP contribution in [0.5, 0.6) is 0 Å². The number of aliphatic carboxylic acids is 1. The minimum atomic E-state index is -0.839. The van der Waals surface area contributed by atoms with E-state index >= 15 is 0 Å². The van der Waals surface area contributed by atoms with Crippen LogP contribution in [-0.2, 0) is 9.59 Å². The third-order valence-corrected chi connectivity index (χ3v) is 3.82. The molecule has 2 saturated carbocycles. The Morgan fingerprint density at radius 1 is 1.40 bits per heavy atom. The van der Waals surface area contributed by atoms with Crippen LogP contribution in [0.3, 0.4) is 0 Å². The normalized spacial score (nSPS) is 31.5. The average molecular weight is 211 g/mol. The van der Waals surface area contributed by atoms with Gasteiger partial charge < -0.3 is 10.4 Å². The third-order valence-electron chi connectivity index (χ3n) is 3.82. The van der Waals surface area contributed by atoms with E-state index in [0.717, 1.165) is 19.3 Å². The first-order chi connectivity index (χ1) is 7.08. The molecule has 0 aromatic carbocycles. The Morgan fingerprint density at radius 2 is 2.07 bits per heavy atom. The SMILES string of the molecule is CCC1(NC(=O)[C@@H]2C[C@@H]2C(=O)O)CCC1. The molecule has 2 atom stereocenters. The van der Waals surface area contributed by atoms with Crippen molar-refractivity contribution in [1.82, 2.24) is 5.32 Å². The summed E-state index contributed by atoms with van der Waals surface area (Å²) >= 11 is 0. The zero-order chi connectivity index (χ0) is 11.1. The van der Waals surface area contributed by atoms with Gasteiger partial charge in [0, 0.05) is 5.54 Å². The topological polar surface area (TPSA) is 66.4 Å². The van der Waals surface area contributed by atoms with Crippen LogP contribution in [-0.4, -0.2) is 22.5 Å². The van der Waals surface area contributed by atoms with Crippen molar-refractivity contribution < 1.29 is 14.7 Å². The smallest absolute Gasteiger partial charge is 0.307 e. The molecule has 2 aliphatic carbocycles. The van der Waals surface area contributed by atoms with Crippen LogP contribution in [0, 0.1) is 11.8 Å². The second kappa shape index (κ2) is 3.51. The van der Waals surface area contributed by atoms with Gasteiger partial charge in [-0.1, -0.05) is 6.92 Å². The first kappa shape index (κ1) is 10.5. The van der Waals surface area contributed by atoms with Gasteiger partial charge in [0.1, 0.15) is 0 Å². The molecule has 1 amide bonds. The second-order valence-corrected chi connectivity index (χ2v) is 4.76. The highest BCUT2D eigenvalue weighted by Crippen LogP contribution is 2.41. The van der Waals surface area contributed by atoms with E-state index in [1.165, 1.54) is 6.42 Å². The van der Waals surface area contributed by atoms with Crippen LogP contribution in [0.1, 0.15) is 39.0 Å². The lowest BCUT2D eigenvalue weighted by atomic mass is 9.74. The molecule has 0 spiro atoms. The number of nitrogens with one attached hydrogen (secondary N) is 1. The quantitative estimate of drug-likeness (QED) is 0.733. The molecule has 0 heterocycles. The van der Waals surface area contributed by atoms with Crippen LogP contribution in [0.4, 0.5) is 0 Å². The largest absolute Gasteiger partial charge is 0.481 e. The lowest BCUT2D eigenvalue weighted by Crippen LogP contribution is -2.53. The number of carboxylic acids is 1. The first-order valence-electron chi connectivity index (χ1n) is 5.63. The predicted molar refractivity (Wildman–Crippen MR) is 54.2 cm³/mol. The van der Waals surface area contributed by atoms with Crippen molar-refractivity contribution in [2.75, 3.05) is 0 Å². The Labute approximate surface area is 89.0 Å². The zero-order valence-electron chi connectivity index (χ0n) is 8.95. The molecule has 15 heavy (non-hydrogen) atoms. The Bertz CT molecular complexity index is 291. The van der Waals surface area contributed by atoms with Crippen LogP contribution in [0.15, 0.2) is 0 Å². The van der Waals surface area contributed by atoms with Gasteiger partial charge in [-0.3, -0.25) is 9.59 Å². The van der Waals surface area contributed by atoms with Gasteiger partial charge in [0.2, 0.25) is 5.91 Å². The summed E-state index contributed by atoms with van der Waals surface area (Å²) in [7, 11) is 0. The van der Waals surface area contributed by atoms with Crippen LogP contribution in [0.2, 0.25) is 0 Å². The number of hydrogen-bond donors (Lipinski definition) is 2. The van der Waals surface area contributed by atoms with Crippen molar-refractivity contribution in [3.63, 3.8) is 0 Å². The lowest BCUT2D eigenvalue weighted by molar-refractivity contribution is -0.140. The number of hydrogen-bond acceptors (Lipinski definition) is 2. The maximum Gasteiger partial charge on any atom is 0.307 e. The highest BCUT2D eigenvalue weighted by Gasteiger charge is 2.50. The van der Waals surface area contributed by atoms with Gasteiger partial charge in [-0.2, -0.15) is 0 Å². The molecule has 84 valence electrons. The van der Waals surface area contributed by atoms with Crippen molar-refractivity contribution >= 4 is 11.9 Å². The zero-order valence-corrected chi connectivity index (χ0v) is 8.95. The number of carboxylic acid groups (broad SMARTS) is 1. The summed E-state index contributed by atoms with van der Waals surface area (Å²) < 4.78 is 0. The van der Waals surface area contributed by atoms with E-state index in [0.29, 0.717) is 6.42 Å². The summed E-state index contributed by atoms with van der Waals surface area (Å²) in [5.74, 6) is -1.59. The van der Waals surface area contributed by atoms with Crippen LogP contribution >= 0.6 is 0 Å². The minimum Gasteiger partial charge on any atom is -0.481 e. The molecule has 0 aromatic rings. The number of rotatable bonds is 4. The average Bonchev–Trinajstić information content (AvgIpc) is 2.90. The Hall–Kier alpha value is -1.06. The van der Waals surface area contributed by atoms with Gasteiger partial charge in [-0.15, -0.1) is 0 Å². The van der Waals surface area contributed by atoms with Gasteiger partial charge in [0.25, 0.3) is 0 Å². The maximum absolute atomic E-state index is 11.7. The van der Waals surface area contributed by atoms with Crippen molar-refractivity contribution in [1.29, 1.82) is 0 Å². The van der Waals surface area contributed by atoms with E-state index in [4.69, 9.17) is 5.11 Å². The van der Waals surface area contributed by atoms with Crippen molar-refractivity contribution in [3.05, 3.63) is 0 Å².